The molecular weight excluding hydrogens is 394 g/mol. The summed E-state index contributed by atoms with van der Waals surface area (Å²) < 4.78 is 32.9. The predicted octanol–water partition coefficient (Wildman–Crippen LogP) is 2.77. The highest BCUT2D eigenvalue weighted by molar-refractivity contribution is 7.92. The Hall–Kier alpha value is -2.68. The molecule has 1 saturated carbocycles. The highest BCUT2D eigenvalue weighted by atomic mass is 32.2. The monoisotopic (exact) mass is 417 g/mol. The lowest BCUT2D eigenvalue weighted by molar-refractivity contribution is -0.140. The van der Waals surface area contributed by atoms with E-state index in [1.165, 1.54) is 17.0 Å². The smallest absolute Gasteiger partial charge is 0.263 e. The maximum absolute atomic E-state index is 12.8. The molecule has 2 aliphatic rings. The first kappa shape index (κ1) is 19.6. The van der Waals surface area contributed by atoms with Crippen molar-refractivity contribution >= 4 is 27.7 Å². The first-order valence-electron chi connectivity index (χ1n) is 9.67. The molecule has 2 heterocycles. The fourth-order valence-electron chi connectivity index (χ4n) is 4.21. The number of aryl methyl sites for hydroxylation is 2. The maximum atomic E-state index is 12.8. The number of nitrogens with one attached hydrogen (secondary N) is 1. The van der Waals surface area contributed by atoms with Crippen LogP contribution in [0.3, 0.4) is 0 Å². The van der Waals surface area contributed by atoms with Gasteiger partial charge >= 0.3 is 0 Å². The SMILES string of the molecule is Cc1cc(NS(=O)(=O)c2cc(CN3C(=O)C4CCCCC4C3=O)ccc2C)no1. The first-order valence-corrected chi connectivity index (χ1v) is 11.2. The lowest BCUT2D eigenvalue weighted by Crippen LogP contribution is -2.30. The number of fused-ring (bicyclic) bond motifs is 1. The molecule has 1 N–H and O–H groups in total. The number of imide groups is 1. The van der Waals surface area contributed by atoms with Gasteiger partial charge in [0, 0.05) is 6.07 Å². The molecule has 0 spiro atoms. The number of hydrogen-bond donors (Lipinski definition) is 1. The van der Waals surface area contributed by atoms with E-state index < -0.39 is 10.0 Å². The molecule has 2 atom stereocenters. The number of hydrogen-bond acceptors (Lipinski definition) is 6. The Balaban J connectivity index is 1.58. The van der Waals surface area contributed by atoms with Crippen LogP contribution in [0.15, 0.2) is 33.7 Å². The van der Waals surface area contributed by atoms with Crippen molar-refractivity contribution < 1.29 is 22.5 Å². The van der Waals surface area contributed by atoms with Crippen molar-refractivity contribution in [3.63, 3.8) is 0 Å². The number of nitrogens with zero attached hydrogens (tertiary/aromatic N) is 2. The van der Waals surface area contributed by atoms with Crippen molar-refractivity contribution in [2.45, 2.75) is 51.0 Å². The molecule has 2 aromatic rings. The molecule has 0 bridgehead atoms. The van der Waals surface area contributed by atoms with E-state index in [2.05, 4.69) is 9.88 Å². The average Bonchev–Trinajstić information content (AvgIpc) is 3.19. The Bertz CT molecular complexity index is 1050. The number of carbonyl (C=O) groups is 2. The number of anilines is 1. The van der Waals surface area contributed by atoms with Crippen molar-refractivity contribution in [3.05, 3.63) is 41.2 Å². The fourth-order valence-corrected chi connectivity index (χ4v) is 5.49. The molecule has 1 aliphatic carbocycles. The third-order valence-electron chi connectivity index (χ3n) is 5.68. The maximum Gasteiger partial charge on any atom is 0.263 e. The minimum atomic E-state index is -3.90. The molecule has 8 nitrogen and oxygen atoms in total. The summed E-state index contributed by atoms with van der Waals surface area (Å²) in [5, 5.41) is 3.66. The standard InChI is InChI=1S/C20H23N3O5S/c1-12-7-8-14(10-17(12)29(26,27)22-18-9-13(2)28-21-18)11-23-19(24)15-5-3-4-6-16(15)20(23)25/h7-10,15-16H,3-6,11H2,1-2H3,(H,21,22). The number of sulfonamides is 1. The molecule has 0 radical (unpaired) electrons. The van der Waals surface area contributed by atoms with Gasteiger partial charge in [-0.05, 0) is 43.9 Å². The molecular formula is C20H23N3O5S. The van der Waals surface area contributed by atoms with Crippen LogP contribution >= 0.6 is 0 Å². The van der Waals surface area contributed by atoms with Gasteiger partial charge in [-0.1, -0.05) is 30.1 Å². The summed E-state index contributed by atoms with van der Waals surface area (Å²) >= 11 is 0. The molecule has 2 fully saturated rings. The second-order valence-electron chi connectivity index (χ2n) is 7.79. The third-order valence-corrected chi connectivity index (χ3v) is 7.18. The van der Waals surface area contributed by atoms with Crippen LogP contribution in [0.1, 0.15) is 42.6 Å². The van der Waals surface area contributed by atoms with E-state index in [-0.39, 0.29) is 40.9 Å². The van der Waals surface area contributed by atoms with Gasteiger partial charge in [-0.2, -0.15) is 0 Å². The van der Waals surface area contributed by atoms with E-state index in [1.807, 2.05) is 0 Å². The van der Waals surface area contributed by atoms with Gasteiger partial charge in [0.15, 0.2) is 5.82 Å². The molecule has 1 aromatic carbocycles. The quantitative estimate of drug-likeness (QED) is 0.749. The highest BCUT2D eigenvalue weighted by Gasteiger charge is 2.47. The van der Waals surface area contributed by atoms with E-state index in [0.29, 0.717) is 16.9 Å². The minimum absolute atomic E-state index is 0.0761. The molecule has 2 unspecified atom stereocenters. The van der Waals surface area contributed by atoms with Crippen molar-refractivity contribution in [1.29, 1.82) is 0 Å². The minimum Gasteiger partial charge on any atom is -0.360 e. The van der Waals surface area contributed by atoms with E-state index in [4.69, 9.17) is 4.52 Å². The average molecular weight is 417 g/mol. The Morgan fingerprint density at radius 2 is 1.76 bits per heavy atom. The Labute approximate surface area is 169 Å². The van der Waals surface area contributed by atoms with Crippen LogP contribution < -0.4 is 4.72 Å². The molecule has 154 valence electrons. The van der Waals surface area contributed by atoms with Gasteiger partial charge in [-0.25, -0.2) is 8.42 Å². The van der Waals surface area contributed by atoms with Crippen molar-refractivity contribution in [2.24, 2.45) is 11.8 Å². The van der Waals surface area contributed by atoms with Gasteiger partial charge in [0.2, 0.25) is 11.8 Å². The van der Waals surface area contributed by atoms with Gasteiger partial charge in [0.1, 0.15) is 5.76 Å². The molecule has 1 saturated heterocycles. The largest absolute Gasteiger partial charge is 0.360 e. The fraction of sp³-hybridized carbons (Fsp3) is 0.450. The molecule has 2 amide bonds. The third kappa shape index (κ3) is 3.66. The van der Waals surface area contributed by atoms with E-state index in [0.717, 1.165) is 25.7 Å². The Kier molecular flexibility index (Phi) is 4.94. The van der Waals surface area contributed by atoms with Crippen LogP contribution in [0.5, 0.6) is 0 Å². The van der Waals surface area contributed by atoms with Crippen LogP contribution in [0.4, 0.5) is 5.82 Å². The predicted molar refractivity (Wildman–Crippen MR) is 104 cm³/mol. The molecule has 4 rings (SSSR count). The van der Waals surface area contributed by atoms with Crippen LogP contribution in [0.25, 0.3) is 0 Å². The Morgan fingerprint density at radius 1 is 1.10 bits per heavy atom. The second kappa shape index (κ2) is 7.29. The zero-order chi connectivity index (χ0) is 20.8. The topological polar surface area (TPSA) is 110 Å². The van der Waals surface area contributed by atoms with Gasteiger partial charge in [-0.3, -0.25) is 19.2 Å². The summed E-state index contributed by atoms with van der Waals surface area (Å²) in [6.45, 7) is 3.43. The number of amides is 2. The van der Waals surface area contributed by atoms with E-state index in [1.54, 1.807) is 26.0 Å². The van der Waals surface area contributed by atoms with Crippen molar-refractivity contribution in [1.82, 2.24) is 10.1 Å². The molecule has 9 heteroatoms. The summed E-state index contributed by atoms with van der Waals surface area (Å²) in [4.78, 5) is 26.8. The van der Waals surface area contributed by atoms with Crippen molar-refractivity contribution in [2.75, 3.05) is 4.72 Å². The summed E-state index contributed by atoms with van der Waals surface area (Å²) in [6.07, 6.45) is 3.43. The molecule has 29 heavy (non-hydrogen) atoms. The lowest BCUT2D eigenvalue weighted by Gasteiger charge is -2.19. The Morgan fingerprint density at radius 3 is 2.34 bits per heavy atom. The van der Waals surface area contributed by atoms with Gasteiger partial charge in [0.25, 0.3) is 10.0 Å². The zero-order valence-electron chi connectivity index (χ0n) is 16.3. The van der Waals surface area contributed by atoms with Gasteiger partial charge < -0.3 is 4.52 Å². The highest BCUT2D eigenvalue weighted by Crippen LogP contribution is 2.38. The van der Waals surface area contributed by atoms with E-state index in [9.17, 15) is 18.0 Å². The summed E-state index contributed by atoms with van der Waals surface area (Å²) in [6, 6.07) is 6.42. The number of likely N-dealkylation sites (tertiary alicyclic amines) is 1. The van der Waals surface area contributed by atoms with Gasteiger partial charge in [0.05, 0.1) is 23.3 Å². The summed E-state index contributed by atoms with van der Waals surface area (Å²) in [7, 11) is -3.90. The zero-order valence-corrected chi connectivity index (χ0v) is 17.2. The molecule has 1 aliphatic heterocycles. The van der Waals surface area contributed by atoms with Crippen molar-refractivity contribution in [3.8, 4) is 0 Å². The van der Waals surface area contributed by atoms with Crippen LogP contribution in [0.2, 0.25) is 0 Å². The number of carbonyl (C=O) groups excluding carboxylic acids is 2. The van der Waals surface area contributed by atoms with E-state index >= 15 is 0 Å². The summed E-state index contributed by atoms with van der Waals surface area (Å²) in [5.41, 5.74) is 1.14. The second-order valence-corrected chi connectivity index (χ2v) is 9.44. The van der Waals surface area contributed by atoms with Crippen LogP contribution in [0, 0.1) is 25.7 Å². The van der Waals surface area contributed by atoms with Crippen LogP contribution in [-0.2, 0) is 26.2 Å². The number of aromatic nitrogens is 1. The van der Waals surface area contributed by atoms with Crippen LogP contribution in [-0.4, -0.2) is 30.3 Å². The summed E-state index contributed by atoms with van der Waals surface area (Å²) in [5.74, 6) is -0.132. The lowest BCUT2D eigenvalue weighted by atomic mass is 9.81. The number of rotatable bonds is 5. The van der Waals surface area contributed by atoms with Gasteiger partial charge in [-0.15, -0.1) is 0 Å². The number of benzene rings is 1. The molecule has 1 aromatic heterocycles. The normalized spacial score (nSPS) is 22.1. The first-order chi connectivity index (χ1) is 13.8.